The molecule has 4 heteroatoms. The van der Waals surface area contributed by atoms with Gasteiger partial charge in [0, 0.05) is 11.1 Å². The highest BCUT2D eigenvalue weighted by molar-refractivity contribution is 5.98. The van der Waals surface area contributed by atoms with Gasteiger partial charge in [0.1, 0.15) is 23.7 Å². The van der Waals surface area contributed by atoms with Gasteiger partial charge in [-0.15, -0.1) is 0 Å². The van der Waals surface area contributed by atoms with E-state index in [-0.39, 0.29) is 5.97 Å². The van der Waals surface area contributed by atoms with Crippen molar-refractivity contribution in [1.82, 2.24) is 0 Å². The molecule has 86 valence electrons. The predicted octanol–water partition coefficient (Wildman–Crippen LogP) is 1.99. The lowest BCUT2D eigenvalue weighted by Gasteiger charge is -2.15. The van der Waals surface area contributed by atoms with Crippen LogP contribution in [0.2, 0.25) is 0 Å². The molecule has 4 nitrogen and oxygen atoms in total. The van der Waals surface area contributed by atoms with Crippen molar-refractivity contribution in [2.75, 3.05) is 14.2 Å². The van der Waals surface area contributed by atoms with Crippen LogP contribution in [0.3, 0.4) is 0 Å². The summed E-state index contributed by atoms with van der Waals surface area (Å²) >= 11 is 0. The van der Waals surface area contributed by atoms with Crippen molar-refractivity contribution in [1.29, 1.82) is 0 Å². The van der Waals surface area contributed by atoms with E-state index in [1.54, 1.807) is 14.2 Å². The lowest BCUT2D eigenvalue weighted by Crippen LogP contribution is -2.04. The Morgan fingerprint density at radius 3 is 2.25 bits per heavy atom. The first-order chi connectivity index (χ1) is 7.61. The second kappa shape index (κ2) is 3.70. The number of methoxy groups -OCH3 is 2. The van der Waals surface area contributed by atoms with Gasteiger partial charge in [-0.05, 0) is 19.4 Å². The lowest BCUT2D eigenvalue weighted by molar-refractivity contribution is 0.0532. The first-order valence-electron chi connectivity index (χ1n) is 5.03. The summed E-state index contributed by atoms with van der Waals surface area (Å²) in [7, 11) is 3.15. The fourth-order valence-electron chi connectivity index (χ4n) is 2.20. The van der Waals surface area contributed by atoms with Crippen LogP contribution in [0, 0.1) is 13.8 Å². The number of hydrogen-bond acceptors (Lipinski definition) is 4. The summed E-state index contributed by atoms with van der Waals surface area (Å²) < 4.78 is 15.6. The molecule has 0 saturated heterocycles. The first kappa shape index (κ1) is 10.8. The van der Waals surface area contributed by atoms with Crippen LogP contribution in [0.5, 0.6) is 11.5 Å². The maximum atomic E-state index is 11.6. The van der Waals surface area contributed by atoms with Gasteiger partial charge in [-0.1, -0.05) is 0 Å². The van der Waals surface area contributed by atoms with E-state index in [0.29, 0.717) is 17.9 Å². The summed E-state index contributed by atoms with van der Waals surface area (Å²) in [5.74, 6) is 0.995. The molecule has 0 radical (unpaired) electrons. The van der Waals surface area contributed by atoms with Crippen molar-refractivity contribution in [3.05, 3.63) is 22.3 Å². The zero-order valence-corrected chi connectivity index (χ0v) is 9.84. The van der Waals surface area contributed by atoms with Crippen LogP contribution in [0.25, 0.3) is 0 Å². The van der Waals surface area contributed by atoms with Crippen molar-refractivity contribution in [2.45, 2.75) is 20.5 Å². The Balaban J connectivity index is 2.80. The number of carbonyl (C=O) groups is 1. The average molecular weight is 222 g/mol. The Kier molecular flexibility index (Phi) is 2.50. The standard InChI is InChI=1S/C12H14O4/c1-6-8-5-16-12(13)9(8)11(15-4)7(2)10(6)14-3/h5H2,1-4H3. The smallest absolute Gasteiger partial charge is 0.342 e. The van der Waals surface area contributed by atoms with Crippen LogP contribution in [-0.4, -0.2) is 20.2 Å². The van der Waals surface area contributed by atoms with Gasteiger partial charge in [-0.3, -0.25) is 0 Å². The summed E-state index contributed by atoms with van der Waals surface area (Å²) in [6.07, 6.45) is 0. The van der Waals surface area contributed by atoms with E-state index in [2.05, 4.69) is 0 Å². The van der Waals surface area contributed by atoms with E-state index in [4.69, 9.17) is 14.2 Å². The highest BCUT2D eigenvalue weighted by Crippen LogP contribution is 2.41. The number of hydrogen-bond donors (Lipinski definition) is 0. The van der Waals surface area contributed by atoms with Crippen molar-refractivity contribution < 1.29 is 19.0 Å². The second-order valence-electron chi connectivity index (χ2n) is 3.75. The monoisotopic (exact) mass is 222 g/mol. The Bertz CT molecular complexity index is 463. The van der Waals surface area contributed by atoms with E-state index in [9.17, 15) is 4.79 Å². The maximum absolute atomic E-state index is 11.6. The molecule has 1 aliphatic rings. The van der Waals surface area contributed by atoms with Crippen molar-refractivity contribution in [2.24, 2.45) is 0 Å². The van der Waals surface area contributed by atoms with E-state index in [1.165, 1.54) is 0 Å². The number of fused-ring (bicyclic) bond motifs is 1. The number of rotatable bonds is 2. The SMILES string of the molecule is COc1c(C)c2c(c(OC)c1C)C(=O)OC2. The number of benzene rings is 1. The van der Waals surface area contributed by atoms with Gasteiger partial charge in [0.25, 0.3) is 0 Å². The lowest BCUT2D eigenvalue weighted by atomic mass is 9.98. The predicted molar refractivity (Wildman–Crippen MR) is 58.1 cm³/mol. The fraction of sp³-hybridized carbons (Fsp3) is 0.417. The number of carbonyl (C=O) groups excluding carboxylic acids is 1. The molecular formula is C12H14O4. The zero-order valence-electron chi connectivity index (χ0n) is 9.84. The highest BCUT2D eigenvalue weighted by atomic mass is 16.5. The summed E-state index contributed by atoms with van der Waals surface area (Å²) in [6, 6.07) is 0. The van der Waals surface area contributed by atoms with E-state index in [0.717, 1.165) is 22.4 Å². The zero-order chi connectivity index (χ0) is 11.9. The molecule has 0 aliphatic carbocycles. The molecule has 0 saturated carbocycles. The minimum atomic E-state index is -0.319. The molecule has 0 unspecified atom stereocenters. The largest absolute Gasteiger partial charge is 0.496 e. The van der Waals surface area contributed by atoms with E-state index < -0.39 is 0 Å². The third-order valence-corrected chi connectivity index (χ3v) is 2.96. The molecule has 0 bridgehead atoms. The van der Waals surface area contributed by atoms with Crippen molar-refractivity contribution in [3.8, 4) is 11.5 Å². The van der Waals surface area contributed by atoms with Gasteiger partial charge < -0.3 is 14.2 Å². The molecule has 0 N–H and O–H groups in total. The Labute approximate surface area is 94.1 Å². The summed E-state index contributed by atoms with van der Waals surface area (Å²) in [5.41, 5.74) is 3.18. The molecule has 1 aliphatic heterocycles. The number of ether oxygens (including phenoxy) is 3. The molecule has 0 atom stereocenters. The van der Waals surface area contributed by atoms with Crippen LogP contribution in [0.4, 0.5) is 0 Å². The van der Waals surface area contributed by atoms with Crippen LogP contribution in [0.15, 0.2) is 0 Å². The van der Waals surface area contributed by atoms with Gasteiger partial charge in [0.05, 0.1) is 14.2 Å². The normalized spacial score (nSPS) is 13.4. The minimum Gasteiger partial charge on any atom is -0.496 e. The van der Waals surface area contributed by atoms with Gasteiger partial charge in [-0.2, -0.15) is 0 Å². The molecule has 2 rings (SSSR count). The summed E-state index contributed by atoms with van der Waals surface area (Å²) in [5, 5.41) is 0. The second-order valence-corrected chi connectivity index (χ2v) is 3.75. The molecule has 1 heterocycles. The van der Waals surface area contributed by atoms with Crippen molar-refractivity contribution >= 4 is 5.97 Å². The Morgan fingerprint density at radius 1 is 1.06 bits per heavy atom. The molecular weight excluding hydrogens is 208 g/mol. The van der Waals surface area contributed by atoms with Crippen LogP contribution >= 0.6 is 0 Å². The van der Waals surface area contributed by atoms with Gasteiger partial charge in [-0.25, -0.2) is 4.79 Å². The first-order valence-corrected chi connectivity index (χ1v) is 5.03. The third-order valence-electron chi connectivity index (χ3n) is 2.96. The van der Waals surface area contributed by atoms with Crippen molar-refractivity contribution in [3.63, 3.8) is 0 Å². The molecule has 16 heavy (non-hydrogen) atoms. The highest BCUT2D eigenvalue weighted by Gasteiger charge is 2.31. The molecule has 0 aromatic heterocycles. The quantitative estimate of drug-likeness (QED) is 0.718. The van der Waals surface area contributed by atoms with Crippen LogP contribution in [-0.2, 0) is 11.3 Å². The van der Waals surface area contributed by atoms with Gasteiger partial charge >= 0.3 is 5.97 Å². The van der Waals surface area contributed by atoms with Crippen LogP contribution in [0.1, 0.15) is 27.0 Å². The Hall–Kier alpha value is -1.71. The maximum Gasteiger partial charge on any atom is 0.342 e. The number of esters is 1. The minimum absolute atomic E-state index is 0.299. The average Bonchev–Trinajstić information content (AvgIpc) is 2.63. The van der Waals surface area contributed by atoms with E-state index >= 15 is 0 Å². The van der Waals surface area contributed by atoms with Crippen LogP contribution < -0.4 is 9.47 Å². The van der Waals surface area contributed by atoms with E-state index in [1.807, 2.05) is 13.8 Å². The summed E-state index contributed by atoms with van der Waals surface area (Å²) in [6.45, 7) is 4.09. The van der Waals surface area contributed by atoms with Gasteiger partial charge in [0.15, 0.2) is 0 Å². The molecule has 0 spiro atoms. The molecule has 0 amide bonds. The third kappa shape index (κ3) is 1.26. The Morgan fingerprint density at radius 2 is 1.69 bits per heavy atom. The molecule has 1 aromatic rings. The fourth-order valence-corrected chi connectivity index (χ4v) is 2.20. The topological polar surface area (TPSA) is 44.8 Å². The van der Waals surface area contributed by atoms with Gasteiger partial charge in [0.2, 0.25) is 0 Å². The number of cyclic esters (lactones) is 1. The molecule has 1 aromatic carbocycles. The summed E-state index contributed by atoms with van der Waals surface area (Å²) in [4.78, 5) is 11.6. The molecule has 0 fully saturated rings.